The standard InChI is InChI=1S/C21H37N5.HI/c1-4-26(20-9-6-5-7-10-20)16-8-14-23-21(22-2)24-15-11-19-12-17-25(3)18-13-19;/h5-7,9-10,19H,4,8,11-18H2,1-3H3,(H2,22,23,24);1H. The minimum atomic E-state index is 0. The van der Waals surface area contributed by atoms with Gasteiger partial charge in [-0.25, -0.2) is 0 Å². The van der Waals surface area contributed by atoms with Crippen molar-refractivity contribution in [3.8, 4) is 0 Å². The zero-order chi connectivity index (χ0) is 18.6. The fraction of sp³-hybridized carbons (Fsp3) is 0.667. The van der Waals surface area contributed by atoms with Crippen molar-refractivity contribution in [3.63, 3.8) is 0 Å². The summed E-state index contributed by atoms with van der Waals surface area (Å²) in [4.78, 5) is 9.19. The first-order chi connectivity index (χ1) is 12.7. The van der Waals surface area contributed by atoms with Gasteiger partial charge in [-0.3, -0.25) is 4.99 Å². The molecule has 1 aliphatic heterocycles. The van der Waals surface area contributed by atoms with E-state index in [1.54, 1.807) is 0 Å². The third kappa shape index (κ3) is 9.14. The third-order valence-electron chi connectivity index (χ3n) is 5.31. The molecule has 6 heteroatoms. The van der Waals surface area contributed by atoms with Crippen LogP contribution in [-0.2, 0) is 0 Å². The van der Waals surface area contributed by atoms with Gasteiger partial charge in [-0.15, -0.1) is 24.0 Å². The fourth-order valence-corrected chi connectivity index (χ4v) is 3.55. The fourth-order valence-electron chi connectivity index (χ4n) is 3.55. The Bertz CT molecular complexity index is 515. The first-order valence-corrected chi connectivity index (χ1v) is 10.2. The Balaban J connectivity index is 0.00000364. The topological polar surface area (TPSA) is 42.9 Å². The van der Waals surface area contributed by atoms with Crippen LogP contribution in [0.15, 0.2) is 35.3 Å². The predicted octanol–water partition coefficient (Wildman–Crippen LogP) is 3.42. The van der Waals surface area contributed by atoms with Crippen LogP contribution in [0.5, 0.6) is 0 Å². The Kier molecular flexibility index (Phi) is 12.5. The highest BCUT2D eigenvalue weighted by Crippen LogP contribution is 2.18. The number of hydrogen-bond acceptors (Lipinski definition) is 3. The molecule has 0 saturated carbocycles. The highest BCUT2D eigenvalue weighted by Gasteiger charge is 2.16. The van der Waals surface area contributed by atoms with Crippen molar-refractivity contribution in [2.45, 2.75) is 32.6 Å². The van der Waals surface area contributed by atoms with Crippen LogP contribution in [-0.4, -0.2) is 64.2 Å². The van der Waals surface area contributed by atoms with E-state index >= 15 is 0 Å². The molecule has 1 aromatic rings. The number of guanidine groups is 1. The molecule has 27 heavy (non-hydrogen) atoms. The van der Waals surface area contributed by atoms with Crippen LogP contribution in [0.2, 0.25) is 0 Å². The molecule has 0 unspecified atom stereocenters. The first-order valence-electron chi connectivity index (χ1n) is 10.2. The summed E-state index contributed by atoms with van der Waals surface area (Å²) in [6.45, 7) is 8.74. The lowest BCUT2D eigenvalue weighted by molar-refractivity contribution is 0.213. The summed E-state index contributed by atoms with van der Waals surface area (Å²) in [7, 11) is 4.07. The second-order valence-electron chi connectivity index (χ2n) is 7.23. The number of piperidine rings is 1. The molecule has 1 fully saturated rings. The Morgan fingerprint density at radius 2 is 1.81 bits per heavy atom. The number of halogens is 1. The van der Waals surface area contributed by atoms with E-state index in [2.05, 4.69) is 69.7 Å². The number of aliphatic imine (C=N–C) groups is 1. The van der Waals surface area contributed by atoms with E-state index in [0.717, 1.165) is 44.5 Å². The molecule has 1 saturated heterocycles. The number of anilines is 1. The van der Waals surface area contributed by atoms with Gasteiger partial charge >= 0.3 is 0 Å². The zero-order valence-corrected chi connectivity index (χ0v) is 19.6. The van der Waals surface area contributed by atoms with E-state index < -0.39 is 0 Å². The van der Waals surface area contributed by atoms with Crippen molar-refractivity contribution in [1.82, 2.24) is 15.5 Å². The molecule has 2 rings (SSSR count). The predicted molar refractivity (Wildman–Crippen MR) is 129 cm³/mol. The van der Waals surface area contributed by atoms with Gasteiger partial charge in [-0.1, -0.05) is 18.2 Å². The van der Waals surface area contributed by atoms with Crippen molar-refractivity contribution in [2.24, 2.45) is 10.9 Å². The van der Waals surface area contributed by atoms with E-state index in [-0.39, 0.29) is 24.0 Å². The van der Waals surface area contributed by atoms with Gasteiger partial charge in [0.1, 0.15) is 0 Å². The van der Waals surface area contributed by atoms with Crippen LogP contribution < -0.4 is 15.5 Å². The van der Waals surface area contributed by atoms with Gasteiger partial charge < -0.3 is 20.4 Å². The van der Waals surface area contributed by atoms with Crippen molar-refractivity contribution in [3.05, 3.63) is 30.3 Å². The summed E-state index contributed by atoms with van der Waals surface area (Å²) in [5, 5.41) is 6.92. The summed E-state index contributed by atoms with van der Waals surface area (Å²) in [5.41, 5.74) is 1.30. The minimum absolute atomic E-state index is 0. The SMILES string of the molecule is CCN(CCCNC(=NC)NCCC1CCN(C)CC1)c1ccccc1.I. The lowest BCUT2D eigenvalue weighted by Crippen LogP contribution is -2.40. The molecule has 1 aromatic carbocycles. The Labute approximate surface area is 183 Å². The number of nitrogens with one attached hydrogen (secondary N) is 2. The number of rotatable bonds is 9. The van der Waals surface area contributed by atoms with E-state index in [4.69, 9.17) is 0 Å². The maximum absolute atomic E-state index is 4.35. The summed E-state index contributed by atoms with van der Waals surface area (Å²) >= 11 is 0. The van der Waals surface area contributed by atoms with Gasteiger partial charge in [0.05, 0.1) is 0 Å². The van der Waals surface area contributed by atoms with Gasteiger partial charge in [-0.05, 0) is 70.8 Å². The number of benzene rings is 1. The van der Waals surface area contributed by atoms with Crippen LogP contribution in [0.3, 0.4) is 0 Å². The van der Waals surface area contributed by atoms with Crippen molar-refractivity contribution in [1.29, 1.82) is 0 Å². The molecule has 154 valence electrons. The molecule has 1 aliphatic rings. The average Bonchev–Trinajstić information content (AvgIpc) is 2.68. The Hall–Kier alpha value is -1.02. The summed E-state index contributed by atoms with van der Waals surface area (Å²) in [6.07, 6.45) is 5.00. The van der Waals surface area contributed by atoms with E-state index in [0.29, 0.717) is 0 Å². The lowest BCUT2D eigenvalue weighted by Gasteiger charge is -2.29. The Morgan fingerprint density at radius 1 is 1.15 bits per heavy atom. The molecular weight excluding hydrogens is 449 g/mol. The van der Waals surface area contributed by atoms with Crippen LogP contribution in [0, 0.1) is 5.92 Å². The highest BCUT2D eigenvalue weighted by molar-refractivity contribution is 14.0. The lowest BCUT2D eigenvalue weighted by atomic mass is 9.94. The average molecular weight is 487 g/mol. The monoisotopic (exact) mass is 487 g/mol. The van der Waals surface area contributed by atoms with Gasteiger partial charge in [0.15, 0.2) is 5.96 Å². The van der Waals surface area contributed by atoms with Crippen LogP contribution in [0.1, 0.15) is 32.6 Å². The van der Waals surface area contributed by atoms with E-state index in [9.17, 15) is 0 Å². The maximum atomic E-state index is 4.35. The van der Waals surface area contributed by atoms with Crippen molar-refractivity contribution in [2.75, 3.05) is 58.3 Å². The minimum Gasteiger partial charge on any atom is -0.372 e. The van der Waals surface area contributed by atoms with E-state index in [1.165, 1.54) is 38.0 Å². The molecule has 0 bridgehead atoms. The van der Waals surface area contributed by atoms with Crippen LogP contribution in [0.4, 0.5) is 5.69 Å². The second kappa shape index (κ2) is 14.0. The number of nitrogens with zero attached hydrogens (tertiary/aromatic N) is 3. The molecule has 1 heterocycles. The smallest absolute Gasteiger partial charge is 0.190 e. The molecule has 0 aliphatic carbocycles. The largest absolute Gasteiger partial charge is 0.372 e. The van der Waals surface area contributed by atoms with Gasteiger partial charge in [0.25, 0.3) is 0 Å². The first kappa shape index (κ1) is 24.0. The molecule has 0 aromatic heterocycles. The Morgan fingerprint density at radius 3 is 2.44 bits per heavy atom. The third-order valence-corrected chi connectivity index (χ3v) is 5.31. The molecule has 5 nitrogen and oxygen atoms in total. The summed E-state index contributed by atoms with van der Waals surface area (Å²) < 4.78 is 0. The number of para-hydroxylation sites is 1. The molecule has 2 N–H and O–H groups in total. The van der Waals surface area contributed by atoms with Crippen molar-refractivity contribution >= 4 is 35.6 Å². The quantitative estimate of drug-likeness (QED) is 0.243. The molecule has 0 radical (unpaired) electrons. The molecule has 0 amide bonds. The van der Waals surface area contributed by atoms with E-state index in [1.807, 2.05) is 7.05 Å². The van der Waals surface area contributed by atoms with Crippen molar-refractivity contribution < 1.29 is 0 Å². The summed E-state index contributed by atoms with van der Waals surface area (Å²) in [5.74, 6) is 1.79. The zero-order valence-electron chi connectivity index (χ0n) is 17.3. The van der Waals surface area contributed by atoms with Gasteiger partial charge in [-0.2, -0.15) is 0 Å². The normalized spacial score (nSPS) is 15.9. The second-order valence-corrected chi connectivity index (χ2v) is 7.23. The molecule has 0 atom stereocenters. The number of hydrogen-bond donors (Lipinski definition) is 2. The maximum Gasteiger partial charge on any atom is 0.190 e. The molecular formula is C21H38IN5. The summed E-state index contributed by atoms with van der Waals surface area (Å²) in [6, 6.07) is 10.6. The van der Waals surface area contributed by atoms with Crippen LogP contribution >= 0.6 is 24.0 Å². The van der Waals surface area contributed by atoms with Gasteiger partial charge in [0.2, 0.25) is 0 Å². The molecule has 0 spiro atoms. The van der Waals surface area contributed by atoms with Crippen LogP contribution in [0.25, 0.3) is 0 Å². The number of likely N-dealkylation sites (tertiary alicyclic amines) is 1. The van der Waals surface area contributed by atoms with Gasteiger partial charge in [0, 0.05) is 38.9 Å². The highest BCUT2D eigenvalue weighted by atomic mass is 127.